The lowest BCUT2D eigenvalue weighted by molar-refractivity contribution is 0.163. The van der Waals surface area contributed by atoms with Crippen LogP contribution in [0.1, 0.15) is 36.4 Å². The third-order valence-electron chi connectivity index (χ3n) is 2.61. The summed E-state index contributed by atoms with van der Waals surface area (Å²) >= 11 is 1.50. The third kappa shape index (κ3) is 3.60. The molecule has 2 N–H and O–H groups in total. The molecule has 1 unspecified atom stereocenters. The molecule has 1 aromatic heterocycles. The van der Waals surface area contributed by atoms with Crippen LogP contribution >= 0.6 is 11.3 Å². The fraction of sp³-hybridized carbons (Fsp3) is 0.583. The maximum Gasteiger partial charge on any atom is 0.110 e. The summed E-state index contributed by atoms with van der Waals surface area (Å²) in [5.74, 6) is 0. The maximum absolute atomic E-state index is 9.33. The van der Waals surface area contributed by atoms with Gasteiger partial charge in [-0.25, -0.2) is 0 Å². The summed E-state index contributed by atoms with van der Waals surface area (Å²) < 4.78 is 0. The van der Waals surface area contributed by atoms with Crippen molar-refractivity contribution >= 4 is 11.3 Å². The highest BCUT2D eigenvalue weighted by molar-refractivity contribution is 7.12. The molecule has 0 fully saturated rings. The van der Waals surface area contributed by atoms with E-state index in [9.17, 15) is 5.11 Å². The van der Waals surface area contributed by atoms with E-state index in [2.05, 4.69) is 18.3 Å². The molecule has 0 radical (unpaired) electrons. The summed E-state index contributed by atoms with van der Waals surface area (Å²) in [6.07, 6.45) is 1.98. The normalized spacial score (nSPS) is 14.4. The first-order valence-electron chi connectivity index (χ1n) is 5.48. The Morgan fingerprint density at radius 1 is 1.56 bits per heavy atom. The van der Waals surface area contributed by atoms with E-state index in [1.807, 2.05) is 19.1 Å². The summed E-state index contributed by atoms with van der Waals surface area (Å²) in [4.78, 5) is 1.87. The van der Waals surface area contributed by atoms with Gasteiger partial charge >= 0.3 is 0 Å². The van der Waals surface area contributed by atoms with Crippen molar-refractivity contribution in [2.75, 3.05) is 6.61 Å². The summed E-state index contributed by atoms with van der Waals surface area (Å²) in [6.45, 7) is 4.98. The summed E-state index contributed by atoms with van der Waals surface area (Å²) in [5, 5.41) is 21.4. The summed E-state index contributed by atoms with van der Waals surface area (Å²) in [6, 6.07) is 5.91. The molecule has 1 rings (SSSR count). The minimum absolute atomic E-state index is 0.136. The highest BCUT2D eigenvalue weighted by Crippen LogP contribution is 2.17. The standard InChI is InChI=1S/C12H18N2OS/c1-3-6-12(2,9-15)14-8-11-5-4-10(7-13)16-11/h4-5,14-15H,3,6,8-9H2,1-2H3. The lowest BCUT2D eigenvalue weighted by Gasteiger charge is -2.28. The van der Waals surface area contributed by atoms with E-state index < -0.39 is 0 Å². The van der Waals surface area contributed by atoms with E-state index in [0.717, 1.165) is 22.6 Å². The molecule has 0 aliphatic rings. The van der Waals surface area contributed by atoms with Gasteiger partial charge in [-0.3, -0.25) is 0 Å². The van der Waals surface area contributed by atoms with E-state index in [4.69, 9.17) is 5.26 Å². The maximum atomic E-state index is 9.33. The number of aliphatic hydroxyl groups is 1. The molecule has 0 saturated heterocycles. The molecule has 1 atom stereocenters. The van der Waals surface area contributed by atoms with Gasteiger partial charge in [-0.05, 0) is 25.5 Å². The van der Waals surface area contributed by atoms with Crippen LogP contribution in [0.3, 0.4) is 0 Å². The third-order valence-corrected chi connectivity index (χ3v) is 3.60. The monoisotopic (exact) mass is 238 g/mol. The van der Waals surface area contributed by atoms with Crippen LogP contribution in [-0.4, -0.2) is 17.3 Å². The Hall–Kier alpha value is -0.890. The van der Waals surface area contributed by atoms with Gasteiger partial charge in [0.05, 0.1) is 6.61 Å². The number of nitriles is 1. The Labute approximate surface area is 101 Å². The fourth-order valence-electron chi connectivity index (χ4n) is 1.61. The van der Waals surface area contributed by atoms with Crippen LogP contribution < -0.4 is 5.32 Å². The highest BCUT2D eigenvalue weighted by Gasteiger charge is 2.21. The van der Waals surface area contributed by atoms with Crippen molar-refractivity contribution in [1.82, 2.24) is 5.32 Å². The Kier molecular flexibility index (Phi) is 4.94. The molecule has 0 bridgehead atoms. The molecule has 4 heteroatoms. The van der Waals surface area contributed by atoms with Crippen molar-refractivity contribution in [2.45, 2.75) is 38.8 Å². The molecular formula is C12H18N2OS. The number of hydrogen-bond donors (Lipinski definition) is 2. The molecule has 0 amide bonds. The molecule has 16 heavy (non-hydrogen) atoms. The Balaban J connectivity index is 2.52. The van der Waals surface area contributed by atoms with Gasteiger partial charge in [0.15, 0.2) is 0 Å². The lowest BCUT2D eigenvalue weighted by Crippen LogP contribution is -2.44. The van der Waals surface area contributed by atoms with Gasteiger partial charge in [-0.1, -0.05) is 13.3 Å². The molecule has 0 spiro atoms. The second-order valence-electron chi connectivity index (χ2n) is 4.20. The molecule has 0 aliphatic heterocycles. The zero-order valence-electron chi connectivity index (χ0n) is 9.79. The SMILES string of the molecule is CCCC(C)(CO)NCc1ccc(C#N)s1. The largest absolute Gasteiger partial charge is 0.394 e. The minimum atomic E-state index is -0.217. The van der Waals surface area contributed by atoms with Crippen LogP contribution in [0.25, 0.3) is 0 Å². The van der Waals surface area contributed by atoms with Crippen molar-refractivity contribution in [3.63, 3.8) is 0 Å². The van der Waals surface area contributed by atoms with Gasteiger partial charge in [-0.2, -0.15) is 5.26 Å². The van der Waals surface area contributed by atoms with Crippen molar-refractivity contribution in [2.24, 2.45) is 0 Å². The van der Waals surface area contributed by atoms with Crippen LogP contribution in [-0.2, 0) is 6.54 Å². The van der Waals surface area contributed by atoms with E-state index in [0.29, 0.717) is 6.54 Å². The van der Waals surface area contributed by atoms with E-state index in [-0.39, 0.29) is 12.1 Å². The van der Waals surface area contributed by atoms with Crippen LogP contribution in [0.4, 0.5) is 0 Å². The summed E-state index contributed by atoms with van der Waals surface area (Å²) in [5.41, 5.74) is -0.217. The van der Waals surface area contributed by atoms with Gasteiger partial charge in [0.2, 0.25) is 0 Å². The molecule has 0 saturated carbocycles. The van der Waals surface area contributed by atoms with Gasteiger partial charge in [0.1, 0.15) is 10.9 Å². The Morgan fingerprint density at radius 2 is 2.31 bits per heavy atom. The number of rotatable bonds is 6. The number of nitrogens with one attached hydrogen (secondary N) is 1. The molecule has 0 aliphatic carbocycles. The smallest absolute Gasteiger partial charge is 0.110 e. The first-order chi connectivity index (χ1) is 7.63. The van der Waals surface area contributed by atoms with Gasteiger partial charge < -0.3 is 10.4 Å². The first kappa shape index (κ1) is 13.2. The van der Waals surface area contributed by atoms with Crippen molar-refractivity contribution in [1.29, 1.82) is 5.26 Å². The Morgan fingerprint density at radius 3 is 2.81 bits per heavy atom. The zero-order valence-corrected chi connectivity index (χ0v) is 10.6. The van der Waals surface area contributed by atoms with Crippen molar-refractivity contribution in [3.05, 3.63) is 21.9 Å². The molecule has 1 aromatic rings. The van der Waals surface area contributed by atoms with Crippen LogP contribution in [0.2, 0.25) is 0 Å². The van der Waals surface area contributed by atoms with Gasteiger partial charge in [-0.15, -0.1) is 11.3 Å². The number of aliphatic hydroxyl groups excluding tert-OH is 1. The predicted molar refractivity (Wildman–Crippen MR) is 66.3 cm³/mol. The van der Waals surface area contributed by atoms with E-state index in [1.54, 1.807) is 0 Å². The lowest BCUT2D eigenvalue weighted by atomic mass is 9.97. The quantitative estimate of drug-likeness (QED) is 0.799. The van der Waals surface area contributed by atoms with Crippen molar-refractivity contribution < 1.29 is 5.11 Å². The number of nitrogens with zero attached hydrogens (tertiary/aromatic N) is 1. The zero-order chi connectivity index (χ0) is 12.0. The average Bonchev–Trinajstić information content (AvgIpc) is 2.75. The molecule has 3 nitrogen and oxygen atoms in total. The Bertz CT molecular complexity index is 369. The van der Waals surface area contributed by atoms with Crippen LogP contribution in [0, 0.1) is 11.3 Å². The number of thiophene rings is 1. The molecule has 0 aromatic carbocycles. The number of hydrogen-bond acceptors (Lipinski definition) is 4. The minimum Gasteiger partial charge on any atom is -0.394 e. The van der Waals surface area contributed by atoms with Crippen LogP contribution in [0.5, 0.6) is 0 Å². The molecular weight excluding hydrogens is 220 g/mol. The second kappa shape index (κ2) is 6.00. The van der Waals surface area contributed by atoms with E-state index in [1.165, 1.54) is 11.3 Å². The van der Waals surface area contributed by atoms with Crippen LogP contribution in [0.15, 0.2) is 12.1 Å². The topological polar surface area (TPSA) is 56.0 Å². The van der Waals surface area contributed by atoms with E-state index >= 15 is 0 Å². The second-order valence-corrected chi connectivity index (χ2v) is 5.37. The van der Waals surface area contributed by atoms with Gasteiger partial charge in [0, 0.05) is 17.0 Å². The molecule has 1 heterocycles. The highest BCUT2D eigenvalue weighted by atomic mass is 32.1. The average molecular weight is 238 g/mol. The van der Waals surface area contributed by atoms with Crippen molar-refractivity contribution in [3.8, 4) is 6.07 Å². The summed E-state index contributed by atoms with van der Waals surface area (Å²) in [7, 11) is 0. The van der Waals surface area contributed by atoms with Gasteiger partial charge in [0.25, 0.3) is 0 Å². The fourth-order valence-corrected chi connectivity index (χ4v) is 2.35. The molecule has 88 valence electrons. The first-order valence-corrected chi connectivity index (χ1v) is 6.30. The predicted octanol–water partition coefficient (Wildman–Crippen LogP) is 2.26.